The van der Waals surface area contributed by atoms with Crippen molar-refractivity contribution in [2.24, 2.45) is 5.92 Å². The fourth-order valence-electron chi connectivity index (χ4n) is 3.13. The fourth-order valence-corrected chi connectivity index (χ4v) is 3.13. The molecule has 0 spiro atoms. The third-order valence-corrected chi connectivity index (χ3v) is 4.36. The van der Waals surface area contributed by atoms with Crippen molar-refractivity contribution in [2.45, 2.75) is 57.8 Å². The first-order valence-corrected chi connectivity index (χ1v) is 7.40. The predicted octanol–water partition coefficient (Wildman–Crippen LogP) is 5.13. The van der Waals surface area contributed by atoms with E-state index in [1.54, 1.807) is 0 Å². The first kappa shape index (κ1) is 13.2. The second kappa shape index (κ2) is 6.64. The van der Waals surface area contributed by atoms with Crippen LogP contribution in [0.2, 0.25) is 0 Å². The average molecular weight is 240 g/mol. The van der Waals surface area contributed by atoms with Gasteiger partial charge in [-0.3, -0.25) is 0 Å². The van der Waals surface area contributed by atoms with E-state index in [1.807, 2.05) is 0 Å². The lowest BCUT2D eigenvalue weighted by molar-refractivity contribution is 0.304. The summed E-state index contributed by atoms with van der Waals surface area (Å²) in [7, 11) is 0. The molecular formula is C18H24. The van der Waals surface area contributed by atoms with Crippen molar-refractivity contribution in [3.8, 4) is 12.3 Å². The van der Waals surface area contributed by atoms with Gasteiger partial charge in [0.2, 0.25) is 0 Å². The summed E-state index contributed by atoms with van der Waals surface area (Å²) in [6, 6.07) is 8.62. The molecule has 1 aromatic rings. The second-order valence-electron chi connectivity index (χ2n) is 5.63. The summed E-state index contributed by atoms with van der Waals surface area (Å²) in [6.45, 7) is 2.29. The van der Waals surface area contributed by atoms with Gasteiger partial charge in [0, 0.05) is 5.56 Å². The fraction of sp³-hybridized carbons (Fsp3) is 0.556. The first-order valence-electron chi connectivity index (χ1n) is 7.40. The van der Waals surface area contributed by atoms with Crippen molar-refractivity contribution in [2.75, 3.05) is 0 Å². The monoisotopic (exact) mass is 240 g/mol. The number of terminal acetylenes is 1. The highest BCUT2D eigenvalue weighted by Crippen LogP contribution is 2.37. The molecule has 1 aliphatic rings. The van der Waals surface area contributed by atoms with Crippen molar-refractivity contribution in [3.05, 3.63) is 35.4 Å². The van der Waals surface area contributed by atoms with Crippen molar-refractivity contribution in [1.29, 1.82) is 0 Å². The molecule has 1 aliphatic carbocycles. The van der Waals surface area contributed by atoms with E-state index in [2.05, 4.69) is 37.1 Å². The molecule has 0 heterocycles. The maximum Gasteiger partial charge on any atom is 0.0242 e. The second-order valence-corrected chi connectivity index (χ2v) is 5.63. The van der Waals surface area contributed by atoms with Gasteiger partial charge in [0.05, 0.1) is 0 Å². The van der Waals surface area contributed by atoms with E-state index in [4.69, 9.17) is 6.42 Å². The van der Waals surface area contributed by atoms with Crippen molar-refractivity contribution < 1.29 is 0 Å². The van der Waals surface area contributed by atoms with E-state index in [1.165, 1.54) is 50.5 Å². The molecule has 0 amide bonds. The lowest BCUT2D eigenvalue weighted by atomic mass is 9.77. The zero-order valence-corrected chi connectivity index (χ0v) is 11.5. The highest BCUT2D eigenvalue weighted by atomic mass is 14.3. The van der Waals surface area contributed by atoms with Gasteiger partial charge >= 0.3 is 0 Å². The lowest BCUT2D eigenvalue weighted by Gasteiger charge is -2.28. The van der Waals surface area contributed by atoms with Crippen molar-refractivity contribution in [1.82, 2.24) is 0 Å². The highest BCUT2D eigenvalue weighted by Gasteiger charge is 2.21. The zero-order valence-electron chi connectivity index (χ0n) is 11.5. The summed E-state index contributed by atoms with van der Waals surface area (Å²) in [5.41, 5.74) is 2.48. The van der Waals surface area contributed by atoms with Crippen LogP contribution in [-0.2, 0) is 0 Å². The Kier molecular flexibility index (Phi) is 4.88. The summed E-state index contributed by atoms with van der Waals surface area (Å²) >= 11 is 0. The molecule has 0 N–H and O–H groups in total. The Morgan fingerprint density at radius 3 is 2.33 bits per heavy atom. The van der Waals surface area contributed by atoms with Crippen LogP contribution in [0.4, 0.5) is 0 Å². The third-order valence-electron chi connectivity index (χ3n) is 4.36. The standard InChI is InChI=1S/C18H24/c1-3-5-6-16-9-13-18(14-10-16)17-11-7-15(4-2)8-12-17/h2,7-8,11-12,16,18H,3,5-6,9-10,13-14H2,1H3. The summed E-state index contributed by atoms with van der Waals surface area (Å²) in [5.74, 6) is 4.45. The van der Waals surface area contributed by atoms with Gasteiger partial charge in [-0.05, 0) is 55.2 Å². The van der Waals surface area contributed by atoms with E-state index >= 15 is 0 Å². The molecule has 18 heavy (non-hydrogen) atoms. The highest BCUT2D eigenvalue weighted by molar-refractivity contribution is 5.35. The maximum atomic E-state index is 5.39. The summed E-state index contributed by atoms with van der Waals surface area (Å²) in [6.07, 6.45) is 15.2. The van der Waals surface area contributed by atoms with Gasteiger partial charge in [0.25, 0.3) is 0 Å². The Labute approximate surface area is 112 Å². The van der Waals surface area contributed by atoms with Crippen LogP contribution in [0, 0.1) is 18.3 Å². The Morgan fingerprint density at radius 2 is 1.78 bits per heavy atom. The number of hydrogen-bond donors (Lipinski definition) is 0. The summed E-state index contributed by atoms with van der Waals surface area (Å²) < 4.78 is 0. The minimum Gasteiger partial charge on any atom is -0.115 e. The van der Waals surface area contributed by atoms with E-state index in [0.717, 1.165) is 17.4 Å². The van der Waals surface area contributed by atoms with Gasteiger partial charge in [0.1, 0.15) is 0 Å². The first-order chi connectivity index (χ1) is 8.83. The normalized spacial score (nSPS) is 23.6. The quantitative estimate of drug-likeness (QED) is 0.640. The maximum absolute atomic E-state index is 5.39. The van der Waals surface area contributed by atoms with Crippen LogP contribution < -0.4 is 0 Å². The van der Waals surface area contributed by atoms with E-state index in [-0.39, 0.29) is 0 Å². The molecule has 0 nitrogen and oxygen atoms in total. The topological polar surface area (TPSA) is 0 Å². The molecule has 1 saturated carbocycles. The number of benzene rings is 1. The Balaban J connectivity index is 1.87. The molecule has 0 radical (unpaired) electrons. The molecule has 1 fully saturated rings. The minimum atomic E-state index is 0.773. The van der Waals surface area contributed by atoms with Crippen molar-refractivity contribution in [3.63, 3.8) is 0 Å². The third kappa shape index (κ3) is 3.39. The summed E-state index contributed by atoms with van der Waals surface area (Å²) in [4.78, 5) is 0. The van der Waals surface area contributed by atoms with Crippen LogP contribution in [0.15, 0.2) is 24.3 Å². The van der Waals surface area contributed by atoms with Crippen LogP contribution >= 0.6 is 0 Å². The van der Waals surface area contributed by atoms with Crippen molar-refractivity contribution >= 4 is 0 Å². The Bertz CT molecular complexity index is 385. The Hall–Kier alpha value is -1.22. The molecule has 0 saturated heterocycles. The molecule has 0 aromatic heterocycles. The Morgan fingerprint density at radius 1 is 1.11 bits per heavy atom. The molecule has 96 valence electrons. The molecule has 1 aromatic carbocycles. The van der Waals surface area contributed by atoms with Crippen LogP contribution in [-0.4, -0.2) is 0 Å². The van der Waals surface area contributed by atoms with Crippen LogP contribution in [0.1, 0.15) is 68.9 Å². The van der Waals surface area contributed by atoms with Gasteiger partial charge < -0.3 is 0 Å². The molecule has 0 heteroatoms. The molecule has 2 rings (SSSR count). The number of unbranched alkanes of at least 4 members (excludes halogenated alkanes) is 1. The number of rotatable bonds is 4. The van der Waals surface area contributed by atoms with Crippen LogP contribution in [0.25, 0.3) is 0 Å². The van der Waals surface area contributed by atoms with Gasteiger partial charge in [-0.2, -0.15) is 0 Å². The number of hydrogen-bond acceptors (Lipinski definition) is 0. The molecule has 0 bridgehead atoms. The molecule has 0 atom stereocenters. The van der Waals surface area contributed by atoms with Gasteiger partial charge in [-0.1, -0.05) is 44.2 Å². The molecule has 0 aliphatic heterocycles. The largest absolute Gasteiger partial charge is 0.115 e. The average Bonchev–Trinajstić information content (AvgIpc) is 2.46. The predicted molar refractivity (Wildman–Crippen MR) is 78.6 cm³/mol. The van der Waals surface area contributed by atoms with E-state index in [0.29, 0.717) is 0 Å². The summed E-state index contributed by atoms with van der Waals surface area (Å²) in [5, 5.41) is 0. The van der Waals surface area contributed by atoms with Gasteiger partial charge in [-0.15, -0.1) is 6.42 Å². The SMILES string of the molecule is C#Cc1ccc(C2CCC(CCCC)CC2)cc1. The zero-order chi connectivity index (χ0) is 12.8. The van der Waals surface area contributed by atoms with Crippen LogP contribution in [0.3, 0.4) is 0 Å². The lowest BCUT2D eigenvalue weighted by Crippen LogP contribution is -2.13. The van der Waals surface area contributed by atoms with Gasteiger partial charge in [0.15, 0.2) is 0 Å². The molecule has 0 unspecified atom stereocenters. The van der Waals surface area contributed by atoms with Gasteiger partial charge in [-0.25, -0.2) is 0 Å². The smallest absolute Gasteiger partial charge is 0.0242 e. The van der Waals surface area contributed by atoms with E-state index < -0.39 is 0 Å². The van der Waals surface area contributed by atoms with Crippen LogP contribution in [0.5, 0.6) is 0 Å². The minimum absolute atomic E-state index is 0.773. The van der Waals surface area contributed by atoms with E-state index in [9.17, 15) is 0 Å². The molecular weight excluding hydrogens is 216 g/mol.